The fraction of sp³-hybridized carbons (Fsp3) is 0.611. The highest BCUT2D eigenvalue weighted by Crippen LogP contribution is 2.38. The molecule has 1 unspecified atom stereocenters. The van der Waals surface area contributed by atoms with E-state index >= 15 is 0 Å². The number of likely N-dealkylation sites (tertiary alicyclic amines) is 1. The quantitative estimate of drug-likeness (QED) is 0.883. The molecule has 1 atom stereocenters. The summed E-state index contributed by atoms with van der Waals surface area (Å²) in [6, 6.07) is 6.12. The van der Waals surface area contributed by atoms with Gasteiger partial charge in [0.05, 0.1) is 6.54 Å². The molecule has 1 saturated heterocycles. The van der Waals surface area contributed by atoms with Crippen LogP contribution in [-0.2, 0) is 13.6 Å². The molecule has 0 bridgehead atoms. The smallest absolute Gasteiger partial charge is 0.146 e. The molecular weight excluding hydrogens is 300 g/mol. The Bertz CT molecular complexity index is 705. The van der Waals surface area contributed by atoms with Gasteiger partial charge in [0.15, 0.2) is 0 Å². The highest BCUT2D eigenvalue weighted by Gasteiger charge is 2.30. The molecule has 1 saturated carbocycles. The second kappa shape index (κ2) is 6.51. The van der Waals surface area contributed by atoms with Gasteiger partial charge in [-0.3, -0.25) is 4.90 Å². The van der Waals surface area contributed by atoms with Gasteiger partial charge in [-0.05, 0) is 50.8 Å². The fourth-order valence-corrected chi connectivity index (χ4v) is 3.52. The molecule has 0 spiro atoms. The van der Waals surface area contributed by atoms with Crippen LogP contribution in [0.3, 0.4) is 0 Å². The first-order valence-electron chi connectivity index (χ1n) is 8.97. The van der Waals surface area contributed by atoms with Crippen molar-refractivity contribution in [3.05, 3.63) is 35.5 Å². The maximum Gasteiger partial charge on any atom is 0.146 e. The Morgan fingerprint density at radius 2 is 2.08 bits per heavy atom. The van der Waals surface area contributed by atoms with Crippen LogP contribution >= 0.6 is 0 Å². The molecule has 0 amide bonds. The predicted molar refractivity (Wildman–Crippen MR) is 93.8 cm³/mol. The molecule has 1 N–H and O–H groups in total. The number of hydrogen-bond donors (Lipinski definition) is 1. The van der Waals surface area contributed by atoms with Gasteiger partial charge in [-0.25, -0.2) is 4.98 Å². The monoisotopic (exact) mass is 326 g/mol. The Kier molecular flexibility index (Phi) is 4.22. The van der Waals surface area contributed by atoms with E-state index in [1.807, 2.05) is 19.1 Å². The van der Waals surface area contributed by atoms with E-state index in [1.165, 1.54) is 25.1 Å². The summed E-state index contributed by atoms with van der Waals surface area (Å²) in [5, 5.41) is 12.3. The van der Waals surface area contributed by atoms with Crippen LogP contribution in [-0.4, -0.2) is 44.3 Å². The maximum atomic E-state index is 4.51. The summed E-state index contributed by atoms with van der Waals surface area (Å²) in [5.74, 6) is 4.59. The molecule has 1 aliphatic carbocycles. The molecular formula is C18H26N6. The number of hydrogen-bond acceptors (Lipinski definition) is 5. The maximum absolute atomic E-state index is 4.51. The van der Waals surface area contributed by atoms with Crippen LogP contribution in [0.15, 0.2) is 18.2 Å². The number of nitrogens with zero attached hydrogens (tertiary/aromatic N) is 5. The van der Waals surface area contributed by atoms with Gasteiger partial charge in [-0.2, -0.15) is 0 Å². The number of aryl methyl sites for hydroxylation is 1. The van der Waals surface area contributed by atoms with Gasteiger partial charge in [0.25, 0.3) is 0 Å². The van der Waals surface area contributed by atoms with Crippen molar-refractivity contribution in [2.24, 2.45) is 13.0 Å². The molecule has 0 radical (unpaired) electrons. The van der Waals surface area contributed by atoms with Crippen molar-refractivity contribution in [1.29, 1.82) is 0 Å². The van der Waals surface area contributed by atoms with Crippen LogP contribution in [0.5, 0.6) is 0 Å². The zero-order valence-corrected chi connectivity index (χ0v) is 14.6. The van der Waals surface area contributed by atoms with Gasteiger partial charge in [0.1, 0.15) is 17.5 Å². The summed E-state index contributed by atoms with van der Waals surface area (Å²) in [6.45, 7) is 6.18. The molecule has 6 nitrogen and oxygen atoms in total. The number of pyridine rings is 1. The molecule has 2 aromatic rings. The summed E-state index contributed by atoms with van der Waals surface area (Å²) < 4.78 is 2.21. The van der Waals surface area contributed by atoms with E-state index in [2.05, 4.69) is 43.1 Å². The largest absolute Gasteiger partial charge is 0.370 e. The van der Waals surface area contributed by atoms with E-state index in [1.54, 1.807) is 0 Å². The molecule has 2 aliphatic rings. The van der Waals surface area contributed by atoms with E-state index in [9.17, 15) is 0 Å². The van der Waals surface area contributed by atoms with Crippen molar-refractivity contribution in [3.8, 4) is 0 Å². The molecule has 6 heteroatoms. The lowest BCUT2D eigenvalue weighted by atomic mass is 10.1. The number of rotatable bonds is 6. The van der Waals surface area contributed by atoms with Crippen molar-refractivity contribution in [2.45, 2.75) is 38.6 Å². The first-order chi connectivity index (χ1) is 11.7. The Morgan fingerprint density at radius 3 is 2.88 bits per heavy atom. The summed E-state index contributed by atoms with van der Waals surface area (Å²) in [5.41, 5.74) is 1.06. The van der Waals surface area contributed by atoms with Gasteiger partial charge in [-0.1, -0.05) is 6.07 Å². The predicted octanol–water partition coefficient (Wildman–Crippen LogP) is 2.33. The van der Waals surface area contributed by atoms with E-state index in [4.69, 9.17) is 0 Å². The van der Waals surface area contributed by atoms with Crippen molar-refractivity contribution >= 4 is 5.82 Å². The highest BCUT2D eigenvalue weighted by atomic mass is 15.3. The zero-order chi connectivity index (χ0) is 16.5. The SMILES string of the molecule is Cc1cccc(NCC2CCN(Cc3nnc(C4CC4)n3C)C2)n1. The molecule has 2 fully saturated rings. The van der Waals surface area contributed by atoms with Crippen LogP contribution in [0.25, 0.3) is 0 Å². The van der Waals surface area contributed by atoms with Crippen LogP contribution in [0.1, 0.15) is 42.5 Å². The molecule has 4 rings (SSSR count). The lowest BCUT2D eigenvalue weighted by Crippen LogP contribution is -2.24. The topological polar surface area (TPSA) is 58.9 Å². The summed E-state index contributed by atoms with van der Waals surface area (Å²) in [6.07, 6.45) is 3.78. The van der Waals surface area contributed by atoms with Crippen LogP contribution in [0.2, 0.25) is 0 Å². The van der Waals surface area contributed by atoms with Crippen molar-refractivity contribution < 1.29 is 0 Å². The second-order valence-corrected chi connectivity index (χ2v) is 7.24. The minimum Gasteiger partial charge on any atom is -0.370 e. The third-order valence-corrected chi connectivity index (χ3v) is 5.14. The Morgan fingerprint density at radius 1 is 1.21 bits per heavy atom. The summed E-state index contributed by atoms with van der Waals surface area (Å²) >= 11 is 0. The van der Waals surface area contributed by atoms with E-state index in [0.29, 0.717) is 11.8 Å². The Hall–Kier alpha value is -1.95. The van der Waals surface area contributed by atoms with Crippen LogP contribution in [0.4, 0.5) is 5.82 Å². The third-order valence-electron chi connectivity index (χ3n) is 5.14. The van der Waals surface area contributed by atoms with E-state index < -0.39 is 0 Å². The molecule has 0 aromatic carbocycles. The first-order valence-corrected chi connectivity index (χ1v) is 8.97. The second-order valence-electron chi connectivity index (χ2n) is 7.24. The minimum atomic E-state index is 0.661. The molecule has 128 valence electrons. The first kappa shape index (κ1) is 15.6. The number of anilines is 1. The molecule has 3 heterocycles. The van der Waals surface area contributed by atoms with Gasteiger partial charge in [-0.15, -0.1) is 10.2 Å². The zero-order valence-electron chi connectivity index (χ0n) is 14.6. The van der Waals surface area contributed by atoms with Crippen LogP contribution < -0.4 is 5.32 Å². The average molecular weight is 326 g/mol. The average Bonchev–Trinajstić information content (AvgIpc) is 3.21. The molecule has 1 aliphatic heterocycles. The van der Waals surface area contributed by atoms with Gasteiger partial charge in [0.2, 0.25) is 0 Å². The summed E-state index contributed by atoms with van der Waals surface area (Å²) in [4.78, 5) is 7.01. The van der Waals surface area contributed by atoms with Gasteiger partial charge < -0.3 is 9.88 Å². The third kappa shape index (κ3) is 3.43. The highest BCUT2D eigenvalue weighted by molar-refractivity contribution is 5.35. The normalized spacial score (nSPS) is 21.3. The fourth-order valence-electron chi connectivity index (χ4n) is 3.52. The van der Waals surface area contributed by atoms with Gasteiger partial charge in [0, 0.05) is 31.7 Å². The Balaban J connectivity index is 1.28. The Labute approximate surface area is 143 Å². The molecule has 2 aromatic heterocycles. The van der Waals surface area contributed by atoms with Crippen molar-refractivity contribution in [1.82, 2.24) is 24.6 Å². The van der Waals surface area contributed by atoms with Crippen LogP contribution in [0, 0.1) is 12.8 Å². The summed E-state index contributed by atoms with van der Waals surface area (Å²) in [7, 11) is 2.11. The minimum absolute atomic E-state index is 0.661. The standard InChI is InChI=1S/C18H26N6/c1-13-4-3-5-16(20-13)19-10-14-8-9-24(11-14)12-17-21-22-18(23(17)2)15-6-7-15/h3-5,14-15H,6-12H2,1-2H3,(H,19,20). The number of nitrogens with one attached hydrogen (secondary N) is 1. The lowest BCUT2D eigenvalue weighted by Gasteiger charge is -2.16. The van der Waals surface area contributed by atoms with E-state index in [0.717, 1.165) is 43.5 Å². The lowest BCUT2D eigenvalue weighted by molar-refractivity contribution is 0.306. The van der Waals surface area contributed by atoms with Crippen molar-refractivity contribution in [2.75, 3.05) is 25.0 Å². The van der Waals surface area contributed by atoms with Gasteiger partial charge >= 0.3 is 0 Å². The molecule has 24 heavy (non-hydrogen) atoms. The van der Waals surface area contributed by atoms with E-state index in [-0.39, 0.29) is 0 Å². The number of aromatic nitrogens is 4. The van der Waals surface area contributed by atoms with Crippen molar-refractivity contribution in [3.63, 3.8) is 0 Å².